The summed E-state index contributed by atoms with van der Waals surface area (Å²) >= 11 is 0. The molecule has 0 saturated heterocycles. The first-order chi connectivity index (χ1) is 16.5. The molecule has 0 atom stereocenters. The Hall–Kier alpha value is -4.47. The first kappa shape index (κ1) is 21.4. The summed E-state index contributed by atoms with van der Waals surface area (Å²) in [4.78, 5) is 0. The maximum Gasteiger partial charge on any atom is 0.416 e. The number of benzene rings is 5. The van der Waals surface area contributed by atoms with E-state index in [-0.39, 0.29) is 0 Å². The molecule has 0 amide bonds. The Morgan fingerprint density at radius 2 is 0.794 bits per heavy atom. The minimum atomic E-state index is -4.37. The molecular formula is C31H17F3. The van der Waals surface area contributed by atoms with E-state index in [4.69, 9.17) is 0 Å². The largest absolute Gasteiger partial charge is 0.416 e. The lowest BCUT2D eigenvalue weighted by Crippen LogP contribution is -2.04. The predicted octanol–water partition coefficient (Wildman–Crippen LogP) is 7.81. The van der Waals surface area contributed by atoms with E-state index >= 15 is 0 Å². The van der Waals surface area contributed by atoms with Crippen LogP contribution in [0.5, 0.6) is 0 Å². The Bertz CT molecular complexity index is 1560. The first-order valence-electron chi connectivity index (χ1n) is 10.7. The van der Waals surface area contributed by atoms with Gasteiger partial charge in [0.05, 0.1) is 5.56 Å². The summed E-state index contributed by atoms with van der Waals surface area (Å²) in [7, 11) is 0. The molecule has 0 aliphatic rings. The molecule has 0 saturated carbocycles. The normalized spacial score (nSPS) is 10.9. The highest BCUT2D eigenvalue weighted by atomic mass is 19.4. The Kier molecular flexibility index (Phi) is 5.54. The van der Waals surface area contributed by atoms with Crippen LogP contribution in [0.1, 0.15) is 27.8 Å². The van der Waals surface area contributed by atoms with Crippen molar-refractivity contribution in [2.24, 2.45) is 0 Å². The van der Waals surface area contributed by atoms with Gasteiger partial charge in [-0.3, -0.25) is 0 Å². The Balaban J connectivity index is 1.69. The average Bonchev–Trinajstić information content (AvgIpc) is 2.86. The van der Waals surface area contributed by atoms with Crippen molar-refractivity contribution in [3.05, 3.63) is 131 Å². The molecule has 0 aromatic heterocycles. The summed E-state index contributed by atoms with van der Waals surface area (Å²) in [6.07, 6.45) is -4.37. The molecule has 5 aromatic rings. The number of rotatable bonds is 0. The van der Waals surface area contributed by atoms with E-state index in [0.717, 1.165) is 50.4 Å². The van der Waals surface area contributed by atoms with E-state index in [1.165, 1.54) is 12.1 Å². The standard InChI is InChI=1S/C31H17F3/c32-31(33,34)24-18-14-23(15-19-24)17-21-30-27-12-6-4-10-25(27)29(26-11-5-7-13-28(26)30)20-16-22-8-2-1-3-9-22/h1-15,18-19H. The van der Waals surface area contributed by atoms with Crippen molar-refractivity contribution < 1.29 is 13.2 Å². The maximum absolute atomic E-state index is 12.9. The van der Waals surface area contributed by atoms with Gasteiger partial charge in [-0.25, -0.2) is 0 Å². The fraction of sp³-hybridized carbons (Fsp3) is 0.0323. The zero-order valence-electron chi connectivity index (χ0n) is 17.9. The van der Waals surface area contributed by atoms with Gasteiger partial charge in [0.1, 0.15) is 0 Å². The summed E-state index contributed by atoms with van der Waals surface area (Å²) in [5.41, 5.74) is 2.53. The minimum Gasteiger partial charge on any atom is -0.166 e. The molecule has 0 fully saturated rings. The van der Waals surface area contributed by atoms with Crippen LogP contribution in [0.4, 0.5) is 13.2 Å². The third-order valence-corrected chi connectivity index (χ3v) is 5.58. The number of fused-ring (bicyclic) bond motifs is 2. The fourth-order valence-corrected chi connectivity index (χ4v) is 3.93. The zero-order chi connectivity index (χ0) is 23.5. The van der Waals surface area contributed by atoms with Crippen LogP contribution >= 0.6 is 0 Å². The summed E-state index contributed by atoms with van der Waals surface area (Å²) in [6, 6.07) is 30.7. The molecule has 0 radical (unpaired) electrons. The van der Waals surface area contributed by atoms with Crippen LogP contribution in [0.2, 0.25) is 0 Å². The van der Waals surface area contributed by atoms with Crippen LogP contribution in [-0.4, -0.2) is 0 Å². The second-order valence-corrected chi connectivity index (χ2v) is 7.78. The van der Waals surface area contributed by atoms with Gasteiger partial charge in [-0.15, -0.1) is 0 Å². The van der Waals surface area contributed by atoms with Crippen LogP contribution in [0, 0.1) is 23.7 Å². The monoisotopic (exact) mass is 446 g/mol. The number of hydrogen-bond donors (Lipinski definition) is 0. The zero-order valence-corrected chi connectivity index (χ0v) is 17.9. The molecule has 0 nitrogen and oxygen atoms in total. The lowest BCUT2D eigenvalue weighted by molar-refractivity contribution is -0.137. The van der Waals surface area contributed by atoms with Gasteiger partial charge in [0.15, 0.2) is 0 Å². The van der Waals surface area contributed by atoms with Crippen molar-refractivity contribution >= 4 is 21.5 Å². The van der Waals surface area contributed by atoms with Gasteiger partial charge in [0.2, 0.25) is 0 Å². The van der Waals surface area contributed by atoms with Crippen LogP contribution in [0.15, 0.2) is 103 Å². The molecule has 0 aliphatic carbocycles. The molecular weight excluding hydrogens is 429 g/mol. The summed E-state index contributed by atoms with van der Waals surface area (Å²) in [5, 5.41) is 3.89. The van der Waals surface area contributed by atoms with Crippen molar-refractivity contribution in [2.75, 3.05) is 0 Å². The Labute approximate surface area is 195 Å². The van der Waals surface area contributed by atoms with Gasteiger partial charge in [-0.05, 0) is 57.9 Å². The van der Waals surface area contributed by atoms with Crippen molar-refractivity contribution in [3.8, 4) is 23.7 Å². The summed E-state index contributed by atoms with van der Waals surface area (Å²) in [5.74, 6) is 12.9. The molecule has 0 bridgehead atoms. The topological polar surface area (TPSA) is 0 Å². The smallest absolute Gasteiger partial charge is 0.166 e. The van der Waals surface area contributed by atoms with Gasteiger partial charge in [0, 0.05) is 22.3 Å². The van der Waals surface area contributed by atoms with Gasteiger partial charge in [-0.1, -0.05) is 90.4 Å². The van der Waals surface area contributed by atoms with Crippen molar-refractivity contribution in [1.29, 1.82) is 0 Å². The number of hydrogen-bond acceptors (Lipinski definition) is 0. The van der Waals surface area contributed by atoms with E-state index in [1.54, 1.807) is 0 Å². The second-order valence-electron chi connectivity index (χ2n) is 7.78. The lowest BCUT2D eigenvalue weighted by Gasteiger charge is -2.10. The molecule has 0 heterocycles. The second kappa shape index (κ2) is 8.81. The van der Waals surface area contributed by atoms with Crippen LogP contribution < -0.4 is 0 Å². The summed E-state index contributed by atoms with van der Waals surface area (Å²) in [6.45, 7) is 0. The SMILES string of the molecule is FC(F)(F)c1ccc(C#Cc2c3ccccc3c(C#Cc3ccccc3)c3ccccc23)cc1. The molecule has 0 N–H and O–H groups in total. The Morgan fingerprint density at radius 1 is 0.412 bits per heavy atom. The molecule has 0 unspecified atom stereocenters. The molecule has 5 aromatic carbocycles. The van der Waals surface area contributed by atoms with Gasteiger partial charge in [-0.2, -0.15) is 13.2 Å². The van der Waals surface area contributed by atoms with Crippen LogP contribution in [0.25, 0.3) is 21.5 Å². The third kappa shape index (κ3) is 4.25. The molecule has 5 rings (SSSR count). The molecule has 34 heavy (non-hydrogen) atoms. The molecule has 162 valence electrons. The van der Waals surface area contributed by atoms with Crippen LogP contribution in [-0.2, 0) is 6.18 Å². The quantitative estimate of drug-likeness (QED) is 0.168. The lowest BCUT2D eigenvalue weighted by atomic mass is 9.92. The van der Waals surface area contributed by atoms with Gasteiger partial charge < -0.3 is 0 Å². The minimum absolute atomic E-state index is 0.522. The number of halogens is 3. The van der Waals surface area contributed by atoms with Crippen molar-refractivity contribution in [1.82, 2.24) is 0 Å². The van der Waals surface area contributed by atoms with Crippen molar-refractivity contribution in [3.63, 3.8) is 0 Å². The average molecular weight is 446 g/mol. The van der Waals surface area contributed by atoms with E-state index in [9.17, 15) is 13.2 Å². The maximum atomic E-state index is 12.9. The number of alkyl halides is 3. The van der Waals surface area contributed by atoms with Gasteiger partial charge in [0.25, 0.3) is 0 Å². The van der Waals surface area contributed by atoms with E-state index in [2.05, 4.69) is 23.7 Å². The first-order valence-corrected chi connectivity index (χ1v) is 10.7. The van der Waals surface area contributed by atoms with E-state index in [0.29, 0.717) is 5.56 Å². The van der Waals surface area contributed by atoms with E-state index < -0.39 is 11.7 Å². The third-order valence-electron chi connectivity index (χ3n) is 5.58. The fourth-order valence-electron chi connectivity index (χ4n) is 3.93. The van der Waals surface area contributed by atoms with E-state index in [1.807, 2.05) is 78.9 Å². The van der Waals surface area contributed by atoms with Crippen molar-refractivity contribution in [2.45, 2.75) is 6.18 Å². The highest BCUT2D eigenvalue weighted by Gasteiger charge is 2.29. The summed E-state index contributed by atoms with van der Waals surface area (Å²) < 4.78 is 38.6. The molecule has 0 spiro atoms. The highest BCUT2D eigenvalue weighted by Crippen LogP contribution is 2.32. The predicted molar refractivity (Wildman–Crippen MR) is 131 cm³/mol. The Morgan fingerprint density at radius 3 is 1.21 bits per heavy atom. The molecule has 0 aliphatic heterocycles. The molecule has 3 heteroatoms. The van der Waals surface area contributed by atoms with Crippen LogP contribution in [0.3, 0.4) is 0 Å². The highest BCUT2D eigenvalue weighted by molar-refractivity contribution is 6.09. The van der Waals surface area contributed by atoms with Gasteiger partial charge >= 0.3 is 6.18 Å².